The zero-order valence-electron chi connectivity index (χ0n) is 18.8. The second kappa shape index (κ2) is 11.2. The van der Waals surface area contributed by atoms with E-state index in [0.29, 0.717) is 33.8 Å². The van der Waals surface area contributed by atoms with Gasteiger partial charge in [0.25, 0.3) is 5.91 Å². The van der Waals surface area contributed by atoms with Crippen LogP contribution in [0, 0.1) is 13.8 Å². The molecule has 1 heterocycles. The number of anilines is 1. The van der Waals surface area contributed by atoms with Crippen LogP contribution in [0.25, 0.3) is 0 Å². The van der Waals surface area contributed by atoms with E-state index in [1.807, 2.05) is 49.6 Å². The molecule has 1 aromatic heterocycles. The second-order valence-electron chi connectivity index (χ2n) is 7.55. The fourth-order valence-electron chi connectivity index (χ4n) is 3.19. The third-order valence-corrected chi connectivity index (χ3v) is 6.34. The minimum absolute atomic E-state index is 0.144. The van der Waals surface area contributed by atoms with Crippen molar-refractivity contribution in [1.82, 2.24) is 20.1 Å². The molecule has 2 N–H and O–H groups in total. The lowest BCUT2D eigenvalue weighted by molar-refractivity contribution is -0.113. The van der Waals surface area contributed by atoms with Gasteiger partial charge < -0.3 is 15.2 Å². The SMILES string of the molecule is C=CCn1c(SCC(=O)Nc2ccc(C)c(Cl)c2)nnc1[C@H](C)NC(=O)c1ccccc1C. The number of benzene rings is 2. The summed E-state index contributed by atoms with van der Waals surface area (Å²) in [6, 6.07) is 12.4. The third kappa shape index (κ3) is 6.24. The first-order valence-electron chi connectivity index (χ1n) is 10.4. The number of amides is 2. The zero-order valence-corrected chi connectivity index (χ0v) is 20.3. The lowest BCUT2D eigenvalue weighted by atomic mass is 10.1. The van der Waals surface area contributed by atoms with E-state index < -0.39 is 0 Å². The first-order valence-corrected chi connectivity index (χ1v) is 11.8. The van der Waals surface area contributed by atoms with E-state index in [1.54, 1.807) is 24.3 Å². The number of nitrogens with zero attached hydrogens (tertiary/aromatic N) is 3. The van der Waals surface area contributed by atoms with Crippen LogP contribution in [0.15, 0.2) is 60.3 Å². The molecule has 0 aliphatic heterocycles. The van der Waals surface area contributed by atoms with Gasteiger partial charge in [0, 0.05) is 22.8 Å². The van der Waals surface area contributed by atoms with E-state index in [4.69, 9.17) is 11.6 Å². The molecule has 0 unspecified atom stereocenters. The molecule has 3 aromatic rings. The molecule has 0 aliphatic rings. The molecular weight excluding hydrogens is 458 g/mol. The molecule has 0 saturated heterocycles. The molecular formula is C24H26ClN5O2S. The molecule has 0 fully saturated rings. The minimum Gasteiger partial charge on any atom is -0.342 e. The highest BCUT2D eigenvalue weighted by molar-refractivity contribution is 7.99. The van der Waals surface area contributed by atoms with Crippen molar-refractivity contribution in [3.05, 3.63) is 82.7 Å². The summed E-state index contributed by atoms with van der Waals surface area (Å²) in [5.41, 5.74) is 3.09. The van der Waals surface area contributed by atoms with Gasteiger partial charge in [0.2, 0.25) is 5.91 Å². The first-order chi connectivity index (χ1) is 15.8. The number of halogens is 1. The standard InChI is InChI=1S/C24H26ClN5O2S/c1-5-12-30-22(17(4)26-23(32)19-9-7-6-8-15(19)2)28-29-24(30)33-14-21(31)27-18-11-10-16(3)20(25)13-18/h5-11,13,17H,1,12,14H2,2-4H3,(H,26,32)(H,27,31)/t17-/m0/s1. The maximum Gasteiger partial charge on any atom is 0.252 e. The van der Waals surface area contributed by atoms with Crippen LogP contribution in [0.5, 0.6) is 0 Å². The Hall–Kier alpha value is -3.10. The minimum atomic E-state index is -0.387. The Morgan fingerprint density at radius 3 is 2.64 bits per heavy atom. The number of allylic oxidation sites excluding steroid dienone is 1. The summed E-state index contributed by atoms with van der Waals surface area (Å²) in [4.78, 5) is 25.1. The number of aromatic nitrogens is 3. The highest BCUT2D eigenvalue weighted by Crippen LogP contribution is 2.23. The predicted molar refractivity (Wildman–Crippen MR) is 133 cm³/mol. The van der Waals surface area contributed by atoms with E-state index in [1.165, 1.54) is 11.8 Å². The first kappa shape index (κ1) is 24.5. The van der Waals surface area contributed by atoms with Gasteiger partial charge in [-0.05, 0) is 50.1 Å². The third-order valence-electron chi connectivity index (χ3n) is 4.97. The number of carbonyl (C=O) groups excluding carboxylic acids is 2. The molecule has 9 heteroatoms. The lowest BCUT2D eigenvalue weighted by Crippen LogP contribution is -2.29. The molecule has 33 heavy (non-hydrogen) atoms. The van der Waals surface area contributed by atoms with E-state index in [2.05, 4.69) is 27.4 Å². The zero-order chi connectivity index (χ0) is 24.0. The number of nitrogens with one attached hydrogen (secondary N) is 2. The Balaban J connectivity index is 1.67. The smallest absolute Gasteiger partial charge is 0.252 e. The van der Waals surface area contributed by atoms with Crippen LogP contribution in [-0.4, -0.2) is 32.3 Å². The molecule has 0 radical (unpaired) electrons. The highest BCUT2D eigenvalue weighted by atomic mass is 35.5. The van der Waals surface area contributed by atoms with Crippen LogP contribution in [0.4, 0.5) is 5.69 Å². The summed E-state index contributed by atoms with van der Waals surface area (Å²) < 4.78 is 1.84. The van der Waals surface area contributed by atoms with Crippen molar-refractivity contribution in [2.24, 2.45) is 0 Å². The fraction of sp³-hybridized carbons (Fsp3) is 0.250. The molecule has 0 spiro atoms. The molecule has 3 rings (SSSR count). The molecule has 0 aliphatic carbocycles. The monoisotopic (exact) mass is 483 g/mol. The number of thioether (sulfide) groups is 1. The van der Waals surface area contributed by atoms with Crippen LogP contribution < -0.4 is 10.6 Å². The van der Waals surface area contributed by atoms with Crippen LogP contribution in [0.2, 0.25) is 5.02 Å². The molecule has 7 nitrogen and oxygen atoms in total. The maximum atomic E-state index is 12.7. The van der Waals surface area contributed by atoms with E-state index in [0.717, 1.165) is 11.1 Å². The molecule has 1 atom stereocenters. The topological polar surface area (TPSA) is 88.9 Å². The fourth-order valence-corrected chi connectivity index (χ4v) is 4.13. The molecule has 172 valence electrons. The normalized spacial score (nSPS) is 11.6. The van der Waals surface area contributed by atoms with Gasteiger partial charge in [0.05, 0.1) is 11.8 Å². The van der Waals surface area contributed by atoms with Crippen LogP contribution in [0.1, 0.15) is 40.3 Å². The summed E-state index contributed by atoms with van der Waals surface area (Å²) >= 11 is 7.39. The van der Waals surface area contributed by atoms with E-state index in [-0.39, 0.29) is 23.6 Å². The van der Waals surface area contributed by atoms with Crippen molar-refractivity contribution in [3.8, 4) is 0 Å². The second-order valence-corrected chi connectivity index (χ2v) is 8.90. The number of hydrogen-bond donors (Lipinski definition) is 2. The molecule has 2 aromatic carbocycles. The van der Waals surface area contributed by atoms with Crippen molar-refractivity contribution in [3.63, 3.8) is 0 Å². The van der Waals surface area contributed by atoms with Gasteiger partial charge in [0.15, 0.2) is 11.0 Å². The van der Waals surface area contributed by atoms with Crippen molar-refractivity contribution in [2.45, 2.75) is 38.5 Å². The van der Waals surface area contributed by atoms with Gasteiger partial charge in [-0.1, -0.05) is 53.7 Å². The van der Waals surface area contributed by atoms with Crippen LogP contribution in [-0.2, 0) is 11.3 Å². The summed E-state index contributed by atoms with van der Waals surface area (Å²) in [5.74, 6) is 0.365. The summed E-state index contributed by atoms with van der Waals surface area (Å²) in [6.45, 7) is 9.89. The summed E-state index contributed by atoms with van der Waals surface area (Å²) in [6.07, 6.45) is 1.72. The number of carbonyl (C=O) groups is 2. The van der Waals surface area contributed by atoms with E-state index in [9.17, 15) is 9.59 Å². The average molecular weight is 484 g/mol. The van der Waals surface area contributed by atoms with Crippen LogP contribution >= 0.6 is 23.4 Å². The van der Waals surface area contributed by atoms with Gasteiger partial charge in [-0.15, -0.1) is 16.8 Å². The Morgan fingerprint density at radius 1 is 1.18 bits per heavy atom. The lowest BCUT2D eigenvalue weighted by Gasteiger charge is -2.16. The largest absolute Gasteiger partial charge is 0.342 e. The van der Waals surface area contributed by atoms with Crippen molar-refractivity contribution < 1.29 is 9.59 Å². The molecule has 0 saturated carbocycles. The van der Waals surface area contributed by atoms with Gasteiger partial charge in [0.1, 0.15) is 0 Å². The summed E-state index contributed by atoms with van der Waals surface area (Å²) in [7, 11) is 0. The van der Waals surface area contributed by atoms with Crippen molar-refractivity contribution >= 4 is 40.9 Å². The van der Waals surface area contributed by atoms with Crippen molar-refractivity contribution in [1.29, 1.82) is 0 Å². The Kier molecular flexibility index (Phi) is 8.30. The Morgan fingerprint density at radius 2 is 1.94 bits per heavy atom. The Labute approximate surface area is 202 Å². The Bertz CT molecular complexity index is 1180. The molecule has 0 bridgehead atoms. The van der Waals surface area contributed by atoms with Gasteiger partial charge in [-0.3, -0.25) is 9.59 Å². The van der Waals surface area contributed by atoms with Gasteiger partial charge in [-0.2, -0.15) is 0 Å². The predicted octanol–water partition coefficient (Wildman–Crippen LogP) is 4.96. The average Bonchev–Trinajstić information content (AvgIpc) is 3.18. The van der Waals surface area contributed by atoms with Gasteiger partial charge in [-0.25, -0.2) is 0 Å². The quantitative estimate of drug-likeness (QED) is 0.332. The number of hydrogen-bond acceptors (Lipinski definition) is 5. The van der Waals surface area contributed by atoms with Gasteiger partial charge >= 0.3 is 0 Å². The van der Waals surface area contributed by atoms with Crippen molar-refractivity contribution in [2.75, 3.05) is 11.1 Å². The highest BCUT2D eigenvalue weighted by Gasteiger charge is 2.21. The number of aryl methyl sites for hydroxylation is 2. The molecule has 2 amide bonds. The van der Waals surface area contributed by atoms with Crippen LogP contribution in [0.3, 0.4) is 0 Å². The number of rotatable bonds is 9. The maximum absolute atomic E-state index is 12.7. The summed E-state index contributed by atoms with van der Waals surface area (Å²) in [5, 5.41) is 15.5. The van der Waals surface area contributed by atoms with E-state index >= 15 is 0 Å².